The Bertz CT molecular complexity index is 669. The van der Waals surface area contributed by atoms with Crippen molar-refractivity contribution in [1.29, 1.82) is 0 Å². The highest BCUT2D eigenvalue weighted by atomic mass is 35.5. The first-order chi connectivity index (χ1) is 11.8. The van der Waals surface area contributed by atoms with Crippen molar-refractivity contribution in [3.63, 3.8) is 0 Å². The van der Waals surface area contributed by atoms with Crippen LogP contribution in [0.15, 0.2) is 30.3 Å². The standard InChI is InChI=1S/C20H25Cl2NO2/c1-20(2)16(10-17(22)14-4-6-15(21)7-5-14)18(20)19(24)23-9-8-13(11-23)12-25-3/h4-7,10,13,16,18H,8-9,11-12H2,1-3H3/b17-10-/t13-,16+,18-/m0/s1. The van der Waals surface area contributed by atoms with Gasteiger partial charge in [-0.25, -0.2) is 0 Å². The van der Waals surface area contributed by atoms with E-state index in [0.717, 1.165) is 31.7 Å². The number of likely N-dealkylation sites (tertiary alicyclic amines) is 1. The highest BCUT2D eigenvalue weighted by molar-refractivity contribution is 6.48. The number of nitrogens with zero attached hydrogens (tertiary/aromatic N) is 1. The van der Waals surface area contributed by atoms with Crippen molar-refractivity contribution >= 4 is 34.1 Å². The fourth-order valence-corrected chi connectivity index (χ4v) is 4.31. The van der Waals surface area contributed by atoms with Gasteiger partial charge in [-0.05, 0) is 35.4 Å². The Morgan fingerprint density at radius 2 is 2.04 bits per heavy atom. The molecule has 1 saturated heterocycles. The summed E-state index contributed by atoms with van der Waals surface area (Å²) in [5.41, 5.74) is 0.879. The van der Waals surface area contributed by atoms with Crippen LogP contribution in [0, 0.1) is 23.2 Å². The minimum Gasteiger partial charge on any atom is -0.384 e. The maximum absolute atomic E-state index is 12.9. The number of hydrogen-bond acceptors (Lipinski definition) is 2. The minimum absolute atomic E-state index is 0.00912. The zero-order valence-electron chi connectivity index (χ0n) is 15.0. The van der Waals surface area contributed by atoms with Crippen LogP contribution in [0.2, 0.25) is 5.02 Å². The summed E-state index contributed by atoms with van der Waals surface area (Å²) in [6.07, 6.45) is 3.06. The molecule has 136 valence electrons. The van der Waals surface area contributed by atoms with Gasteiger partial charge in [-0.1, -0.05) is 55.3 Å². The van der Waals surface area contributed by atoms with E-state index >= 15 is 0 Å². The van der Waals surface area contributed by atoms with E-state index < -0.39 is 0 Å². The number of benzene rings is 1. The summed E-state index contributed by atoms with van der Waals surface area (Å²) in [7, 11) is 1.72. The maximum Gasteiger partial charge on any atom is 0.226 e. The highest BCUT2D eigenvalue weighted by Crippen LogP contribution is 2.60. The molecule has 3 atom stereocenters. The summed E-state index contributed by atoms with van der Waals surface area (Å²) < 4.78 is 5.23. The summed E-state index contributed by atoms with van der Waals surface area (Å²) in [5.74, 6) is 0.896. The van der Waals surface area contributed by atoms with Crippen LogP contribution in [0.25, 0.3) is 5.03 Å². The van der Waals surface area contributed by atoms with Gasteiger partial charge in [0.15, 0.2) is 0 Å². The largest absolute Gasteiger partial charge is 0.384 e. The van der Waals surface area contributed by atoms with Crippen LogP contribution < -0.4 is 0 Å². The summed E-state index contributed by atoms with van der Waals surface area (Å²) in [6.45, 7) is 6.65. The molecule has 1 aromatic carbocycles. The van der Waals surface area contributed by atoms with Gasteiger partial charge < -0.3 is 9.64 Å². The molecule has 0 spiro atoms. The van der Waals surface area contributed by atoms with E-state index in [2.05, 4.69) is 13.8 Å². The Balaban J connectivity index is 1.68. The van der Waals surface area contributed by atoms with Crippen molar-refractivity contribution in [1.82, 2.24) is 4.90 Å². The quantitative estimate of drug-likeness (QED) is 0.740. The highest BCUT2D eigenvalue weighted by Gasteiger charge is 2.61. The van der Waals surface area contributed by atoms with E-state index in [4.69, 9.17) is 27.9 Å². The van der Waals surface area contributed by atoms with Gasteiger partial charge >= 0.3 is 0 Å². The second-order valence-electron chi connectivity index (χ2n) is 7.74. The number of carbonyl (C=O) groups is 1. The molecule has 0 aromatic heterocycles. The van der Waals surface area contributed by atoms with E-state index in [-0.39, 0.29) is 23.2 Å². The fourth-order valence-electron chi connectivity index (χ4n) is 3.92. The molecule has 1 aromatic rings. The lowest BCUT2D eigenvalue weighted by molar-refractivity contribution is -0.132. The number of carbonyl (C=O) groups excluding carboxylic acids is 1. The van der Waals surface area contributed by atoms with Crippen LogP contribution >= 0.6 is 23.2 Å². The molecule has 2 aliphatic rings. The van der Waals surface area contributed by atoms with Gasteiger partial charge in [0, 0.05) is 36.2 Å². The van der Waals surface area contributed by atoms with Crippen molar-refractivity contribution in [2.24, 2.45) is 23.2 Å². The Kier molecular flexibility index (Phi) is 5.48. The average Bonchev–Trinajstić information content (AvgIpc) is 2.91. The van der Waals surface area contributed by atoms with Gasteiger partial charge in [-0.3, -0.25) is 4.79 Å². The van der Waals surface area contributed by atoms with Gasteiger partial charge in [0.05, 0.1) is 12.5 Å². The molecule has 2 fully saturated rings. The summed E-state index contributed by atoms with van der Waals surface area (Å²) in [6, 6.07) is 7.47. The van der Waals surface area contributed by atoms with Crippen LogP contribution in [0.4, 0.5) is 0 Å². The van der Waals surface area contributed by atoms with Gasteiger partial charge in [0.2, 0.25) is 5.91 Å². The molecular weight excluding hydrogens is 357 g/mol. The normalized spacial score (nSPS) is 28.3. The smallest absolute Gasteiger partial charge is 0.226 e. The lowest BCUT2D eigenvalue weighted by Gasteiger charge is -2.17. The number of allylic oxidation sites excluding steroid dienone is 1. The Morgan fingerprint density at radius 3 is 2.68 bits per heavy atom. The third-order valence-electron chi connectivity index (χ3n) is 5.62. The van der Waals surface area contributed by atoms with Crippen LogP contribution in [0.1, 0.15) is 25.8 Å². The van der Waals surface area contributed by atoms with E-state index in [1.807, 2.05) is 35.2 Å². The number of amides is 1. The first-order valence-electron chi connectivity index (χ1n) is 8.75. The molecule has 1 heterocycles. The molecule has 0 radical (unpaired) electrons. The molecule has 3 nitrogen and oxygen atoms in total. The van der Waals surface area contributed by atoms with Crippen LogP contribution in [-0.2, 0) is 9.53 Å². The number of hydrogen-bond donors (Lipinski definition) is 0. The number of halogens is 2. The molecule has 1 aliphatic heterocycles. The lowest BCUT2D eigenvalue weighted by Crippen LogP contribution is -2.32. The second kappa shape index (κ2) is 7.30. The van der Waals surface area contributed by atoms with E-state index in [9.17, 15) is 4.79 Å². The fraction of sp³-hybridized carbons (Fsp3) is 0.550. The third-order valence-corrected chi connectivity index (χ3v) is 6.22. The van der Waals surface area contributed by atoms with E-state index in [1.54, 1.807) is 7.11 Å². The van der Waals surface area contributed by atoms with Gasteiger partial charge in [-0.15, -0.1) is 0 Å². The second-order valence-corrected chi connectivity index (χ2v) is 8.58. The number of rotatable bonds is 5. The summed E-state index contributed by atoms with van der Waals surface area (Å²) >= 11 is 12.4. The van der Waals surface area contributed by atoms with Crippen LogP contribution in [0.3, 0.4) is 0 Å². The van der Waals surface area contributed by atoms with Crippen molar-refractivity contribution in [3.05, 3.63) is 40.9 Å². The molecule has 0 N–H and O–H groups in total. The monoisotopic (exact) mass is 381 g/mol. The third kappa shape index (κ3) is 3.89. The molecule has 25 heavy (non-hydrogen) atoms. The molecule has 3 rings (SSSR count). The van der Waals surface area contributed by atoms with Crippen molar-refractivity contribution in [2.45, 2.75) is 20.3 Å². The summed E-state index contributed by atoms with van der Waals surface area (Å²) in [4.78, 5) is 14.9. The SMILES string of the molecule is COC[C@H]1CCN(C(=O)[C@@H]2[C@@H](/C=C(\Cl)c3ccc(Cl)cc3)C2(C)C)C1. The molecule has 0 unspecified atom stereocenters. The van der Waals surface area contributed by atoms with Crippen LogP contribution in [-0.4, -0.2) is 37.6 Å². The zero-order valence-corrected chi connectivity index (χ0v) is 16.5. The minimum atomic E-state index is -0.0526. The van der Waals surface area contributed by atoms with Crippen molar-refractivity contribution < 1.29 is 9.53 Å². The Hall–Kier alpha value is -1.03. The molecule has 1 saturated carbocycles. The zero-order chi connectivity index (χ0) is 18.2. The molecular formula is C20H25Cl2NO2. The Morgan fingerprint density at radius 1 is 1.36 bits per heavy atom. The first kappa shape index (κ1) is 18.8. The summed E-state index contributed by atoms with van der Waals surface area (Å²) in [5, 5.41) is 1.37. The van der Waals surface area contributed by atoms with Gasteiger partial charge in [0.1, 0.15) is 0 Å². The average molecular weight is 382 g/mol. The lowest BCUT2D eigenvalue weighted by atomic mass is 10.1. The van der Waals surface area contributed by atoms with Gasteiger partial charge in [0.25, 0.3) is 0 Å². The topological polar surface area (TPSA) is 29.5 Å². The molecule has 0 bridgehead atoms. The predicted molar refractivity (Wildman–Crippen MR) is 103 cm³/mol. The predicted octanol–water partition coefficient (Wildman–Crippen LogP) is 4.69. The molecule has 1 amide bonds. The van der Waals surface area contributed by atoms with E-state index in [0.29, 0.717) is 16.0 Å². The molecule has 5 heteroatoms. The number of methoxy groups -OCH3 is 1. The molecule has 1 aliphatic carbocycles. The van der Waals surface area contributed by atoms with Gasteiger partial charge in [-0.2, -0.15) is 0 Å². The first-order valence-corrected chi connectivity index (χ1v) is 9.51. The van der Waals surface area contributed by atoms with Crippen LogP contribution in [0.5, 0.6) is 0 Å². The number of ether oxygens (including phenoxy) is 1. The van der Waals surface area contributed by atoms with Crippen molar-refractivity contribution in [2.75, 3.05) is 26.8 Å². The van der Waals surface area contributed by atoms with Crippen molar-refractivity contribution in [3.8, 4) is 0 Å². The Labute approximate surface area is 159 Å². The van der Waals surface area contributed by atoms with E-state index in [1.165, 1.54) is 0 Å². The maximum atomic E-state index is 12.9.